The van der Waals surface area contributed by atoms with Gasteiger partial charge in [-0.2, -0.15) is 0 Å². The van der Waals surface area contributed by atoms with Crippen molar-refractivity contribution in [3.63, 3.8) is 0 Å². The van der Waals surface area contributed by atoms with Crippen molar-refractivity contribution in [2.75, 3.05) is 43.8 Å². The highest BCUT2D eigenvalue weighted by Crippen LogP contribution is 2.24. The molecule has 1 aliphatic heterocycles. The molecule has 1 fully saturated rings. The lowest BCUT2D eigenvalue weighted by atomic mass is 10.2. The van der Waals surface area contributed by atoms with Crippen LogP contribution in [0.4, 0.5) is 5.82 Å². The van der Waals surface area contributed by atoms with Crippen molar-refractivity contribution in [3.05, 3.63) is 48.4 Å². The largest absolute Gasteiger partial charge is 0.459 e. The summed E-state index contributed by atoms with van der Waals surface area (Å²) in [5.41, 5.74) is 0.850. The van der Waals surface area contributed by atoms with E-state index in [1.54, 1.807) is 21.9 Å². The van der Waals surface area contributed by atoms with Gasteiger partial charge in [-0.3, -0.25) is 9.59 Å². The number of fused-ring (bicyclic) bond motifs is 1. The standard InChI is InChI=1S/C21H23N5O3S/c1-2-22-19-15-6-3-4-7-16(15)23-21(24-19)30-14-18(27)25-9-11-26(12-10-25)20(28)17-8-5-13-29-17/h3-8,13H,2,9-12,14H2,1H3,(H,22,23,24). The van der Waals surface area contributed by atoms with Gasteiger partial charge in [0.25, 0.3) is 5.91 Å². The Hall–Kier alpha value is -3.07. The fraction of sp³-hybridized carbons (Fsp3) is 0.333. The number of carbonyl (C=O) groups excluding carboxylic acids is 2. The number of amides is 2. The summed E-state index contributed by atoms with van der Waals surface area (Å²) < 4.78 is 5.17. The second-order valence-corrected chi connectivity index (χ2v) is 7.78. The molecule has 4 rings (SSSR count). The number of benzene rings is 1. The molecule has 0 bridgehead atoms. The van der Waals surface area contributed by atoms with Crippen LogP contribution in [0.5, 0.6) is 0 Å². The van der Waals surface area contributed by atoms with Gasteiger partial charge in [-0.1, -0.05) is 23.9 Å². The summed E-state index contributed by atoms with van der Waals surface area (Å²) in [6.45, 7) is 4.77. The van der Waals surface area contributed by atoms with Crippen LogP contribution in [-0.4, -0.2) is 70.1 Å². The highest BCUT2D eigenvalue weighted by Gasteiger charge is 2.26. The number of piperazine rings is 1. The Morgan fingerprint density at radius 2 is 1.83 bits per heavy atom. The maximum absolute atomic E-state index is 12.7. The SMILES string of the molecule is CCNc1nc(SCC(=O)N2CCN(C(=O)c3ccco3)CC2)nc2ccccc12. The number of thioether (sulfide) groups is 1. The number of nitrogens with zero attached hydrogens (tertiary/aromatic N) is 4. The smallest absolute Gasteiger partial charge is 0.289 e. The molecule has 0 atom stereocenters. The summed E-state index contributed by atoms with van der Waals surface area (Å²) in [4.78, 5) is 37.7. The van der Waals surface area contributed by atoms with Crippen LogP contribution in [0.15, 0.2) is 52.2 Å². The van der Waals surface area contributed by atoms with Gasteiger partial charge in [-0.15, -0.1) is 0 Å². The molecule has 0 spiro atoms. The summed E-state index contributed by atoms with van der Waals surface area (Å²) in [7, 11) is 0. The molecule has 0 saturated carbocycles. The summed E-state index contributed by atoms with van der Waals surface area (Å²) in [5, 5.41) is 4.80. The van der Waals surface area contributed by atoms with E-state index < -0.39 is 0 Å². The molecule has 30 heavy (non-hydrogen) atoms. The first-order valence-electron chi connectivity index (χ1n) is 9.89. The molecule has 1 N–H and O–H groups in total. The van der Waals surface area contributed by atoms with Crippen molar-refractivity contribution in [2.24, 2.45) is 0 Å². The molecule has 156 valence electrons. The number of aromatic nitrogens is 2. The van der Waals surface area contributed by atoms with Crippen LogP contribution in [0.3, 0.4) is 0 Å². The third kappa shape index (κ3) is 4.40. The molecule has 2 aromatic heterocycles. The second-order valence-electron chi connectivity index (χ2n) is 6.84. The monoisotopic (exact) mass is 425 g/mol. The number of para-hydroxylation sites is 1. The number of hydrogen-bond acceptors (Lipinski definition) is 7. The van der Waals surface area contributed by atoms with Crippen LogP contribution in [0.1, 0.15) is 17.5 Å². The van der Waals surface area contributed by atoms with Crippen LogP contribution in [0.2, 0.25) is 0 Å². The van der Waals surface area contributed by atoms with Gasteiger partial charge >= 0.3 is 0 Å². The van der Waals surface area contributed by atoms with E-state index in [0.29, 0.717) is 37.1 Å². The highest BCUT2D eigenvalue weighted by molar-refractivity contribution is 7.99. The fourth-order valence-electron chi connectivity index (χ4n) is 3.35. The van der Waals surface area contributed by atoms with E-state index in [1.165, 1.54) is 18.0 Å². The Labute approximate surface area is 178 Å². The Morgan fingerprint density at radius 3 is 2.57 bits per heavy atom. The molecule has 2 amide bonds. The first-order chi connectivity index (χ1) is 14.7. The Kier molecular flexibility index (Phi) is 6.18. The highest BCUT2D eigenvalue weighted by atomic mass is 32.2. The zero-order chi connectivity index (χ0) is 20.9. The van der Waals surface area contributed by atoms with Crippen LogP contribution in [-0.2, 0) is 4.79 Å². The minimum atomic E-state index is -0.137. The number of hydrogen-bond donors (Lipinski definition) is 1. The van der Waals surface area contributed by atoms with Crippen molar-refractivity contribution in [3.8, 4) is 0 Å². The van der Waals surface area contributed by atoms with Gasteiger partial charge in [0.2, 0.25) is 5.91 Å². The van der Waals surface area contributed by atoms with E-state index >= 15 is 0 Å². The van der Waals surface area contributed by atoms with Gasteiger partial charge in [-0.25, -0.2) is 9.97 Å². The molecule has 8 nitrogen and oxygen atoms in total. The van der Waals surface area contributed by atoms with Crippen molar-refractivity contribution < 1.29 is 14.0 Å². The average molecular weight is 426 g/mol. The minimum absolute atomic E-state index is 0.0202. The quantitative estimate of drug-likeness (QED) is 0.480. The van der Waals surface area contributed by atoms with Crippen molar-refractivity contribution in [2.45, 2.75) is 12.1 Å². The Balaban J connectivity index is 1.34. The third-order valence-corrected chi connectivity index (χ3v) is 5.74. The molecular weight excluding hydrogens is 402 g/mol. The van der Waals surface area contributed by atoms with E-state index in [4.69, 9.17) is 4.42 Å². The summed E-state index contributed by atoms with van der Waals surface area (Å²) in [6, 6.07) is 11.2. The van der Waals surface area contributed by atoms with Gasteiger partial charge in [0, 0.05) is 38.1 Å². The molecule has 9 heteroatoms. The first kappa shape index (κ1) is 20.2. The van der Waals surface area contributed by atoms with Crippen LogP contribution in [0.25, 0.3) is 10.9 Å². The van der Waals surface area contributed by atoms with Gasteiger partial charge < -0.3 is 19.5 Å². The minimum Gasteiger partial charge on any atom is -0.459 e. The van der Waals surface area contributed by atoms with E-state index in [1.807, 2.05) is 31.2 Å². The van der Waals surface area contributed by atoms with Crippen LogP contribution >= 0.6 is 11.8 Å². The molecule has 3 heterocycles. The van der Waals surface area contributed by atoms with Gasteiger partial charge in [0.15, 0.2) is 10.9 Å². The second kappa shape index (κ2) is 9.17. The third-order valence-electron chi connectivity index (χ3n) is 4.90. The maximum atomic E-state index is 12.7. The Bertz CT molecular complexity index is 1030. The van der Waals surface area contributed by atoms with Gasteiger partial charge in [0.1, 0.15) is 5.82 Å². The van der Waals surface area contributed by atoms with Crippen molar-refractivity contribution in [1.29, 1.82) is 0 Å². The molecule has 3 aromatic rings. The average Bonchev–Trinajstić information content (AvgIpc) is 3.32. The number of furan rings is 1. The van der Waals surface area contributed by atoms with E-state index in [2.05, 4.69) is 15.3 Å². The summed E-state index contributed by atoms with van der Waals surface area (Å²) in [6.07, 6.45) is 1.49. The normalized spacial score (nSPS) is 14.2. The van der Waals surface area contributed by atoms with Crippen molar-refractivity contribution in [1.82, 2.24) is 19.8 Å². The first-order valence-corrected chi connectivity index (χ1v) is 10.9. The summed E-state index contributed by atoms with van der Waals surface area (Å²) >= 11 is 1.33. The number of nitrogens with one attached hydrogen (secondary N) is 1. The predicted octanol–water partition coefficient (Wildman–Crippen LogP) is 2.73. The molecule has 0 unspecified atom stereocenters. The van der Waals surface area contributed by atoms with E-state index in [-0.39, 0.29) is 17.6 Å². The predicted molar refractivity (Wildman–Crippen MR) is 116 cm³/mol. The molecule has 0 aliphatic carbocycles. The van der Waals surface area contributed by atoms with E-state index in [9.17, 15) is 9.59 Å². The topological polar surface area (TPSA) is 91.6 Å². The summed E-state index contributed by atoms with van der Waals surface area (Å²) in [5.74, 6) is 1.25. The number of anilines is 1. The number of carbonyl (C=O) groups is 2. The zero-order valence-corrected chi connectivity index (χ0v) is 17.5. The van der Waals surface area contributed by atoms with Crippen molar-refractivity contribution >= 4 is 40.3 Å². The molecule has 0 radical (unpaired) electrons. The zero-order valence-electron chi connectivity index (χ0n) is 16.7. The maximum Gasteiger partial charge on any atom is 0.289 e. The fourth-order valence-corrected chi connectivity index (χ4v) is 4.11. The Morgan fingerprint density at radius 1 is 1.07 bits per heavy atom. The lowest BCUT2D eigenvalue weighted by Crippen LogP contribution is -2.51. The molecule has 1 aromatic carbocycles. The van der Waals surface area contributed by atoms with Gasteiger partial charge in [-0.05, 0) is 31.2 Å². The van der Waals surface area contributed by atoms with Crippen LogP contribution < -0.4 is 5.32 Å². The molecule has 1 aliphatic rings. The molecular formula is C21H23N5O3S. The van der Waals surface area contributed by atoms with Crippen LogP contribution in [0, 0.1) is 0 Å². The molecule has 1 saturated heterocycles. The lowest BCUT2D eigenvalue weighted by molar-refractivity contribution is -0.129. The van der Waals surface area contributed by atoms with Gasteiger partial charge in [0.05, 0.1) is 17.5 Å². The lowest BCUT2D eigenvalue weighted by Gasteiger charge is -2.34. The number of rotatable bonds is 6. The van der Waals surface area contributed by atoms with E-state index in [0.717, 1.165) is 23.3 Å².